The van der Waals surface area contributed by atoms with Crippen LogP contribution >= 0.6 is 11.6 Å². The normalized spacial score (nSPS) is 11.8. The molecule has 0 spiro atoms. The molecule has 5 heteroatoms. The lowest BCUT2D eigenvalue weighted by atomic mass is 10.2. The highest BCUT2D eigenvalue weighted by molar-refractivity contribution is 6.22. The Morgan fingerprint density at radius 2 is 2.11 bits per heavy atom. The van der Waals surface area contributed by atoms with Crippen LogP contribution in [0.5, 0.6) is 11.5 Å². The van der Waals surface area contributed by atoms with Crippen molar-refractivity contribution in [3.05, 3.63) is 30.5 Å². The molecule has 0 amide bonds. The Morgan fingerprint density at radius 1 is 1.39 bits per heavy atom. The Balaban J connectivity index is 2.80. The van der Waals surface area contributed by atoms with Crippen molar-refractivity contribution in [2.24, 2.45) is 0 Å². The Bertz CT molecular complexity index is 410. The van der Waals surface area contributed by atoms with Gasteiger partial charge >= 0.3 is 0 Å². The highest BCUT2D eigenvalue weighted by atomic mass is 35.5. The van der Waals surface area contributed by atoms with E-state index in [9.17, 15) is 0 Å². The Morgan fingerprint density at radius 3 is 2.67 bits per heavy atom. The molecule has 1 atom stereocenters. The van der Waals surface area contributed by atoms with Gasteiger partial charge in [0.1, 0.15) is 11.5 Å². The lowest BCUT2D eigenvalue weighted by Crippen LogP contribution is -2.23. The van der Waals surface area contributed by atoms with E-state index in [1.807, 2.05) is 19.2 Å². The number of nitrogens with one attached hydrogen (secondary N) is 2. The highest BCUT2D eigenvalue weighted by Gasteiger charge is 2.11. The van der Waals surface area contributed by atoms with E-state index in [0.29, 0.717) is 12.3 Å². The van der Waals surface area contributed by atoms with Gasteiger partial charge in [-0.1, -0.05) is 6.58 Å². The predicted octanol–water partition coefficient (Wildman–Crippen LogP) is 2.46. The average Bonchev–Trinajstić information content (AvgIpc) is 2.39. The van der Waals surface area contributed by atoms with E-state index in [4.69, 9.17) is 21.1 Å². The third-order valence-electron chi connectivity index (χ3n) is 2.47. The van der Waals surface area contributed by atoms with Crippen molar-refractivity contribution >= 4 is 17.3 Å². The fourth-order valence-electron chi connectivity index (χ4n) is 1.46. The molecule has 2 N–H and O–H groups in total. The quantitative estimate of drug-likeness (QED) is 0.747. The van der Waals surface area contributed by atoms with E-state index in [1.54, 1.807) is 20.3 Å². The van der Waals surface area contributed by atoms with Gasteiger partial charge in [-0.2, -0.15) is 0 Å². The van der Waals surface area contributed by atoms with Gasteiger partial charge in [0.25, 0.3) is 0 Å². The van der Waals surface area contributed by atoms with Crippen molar-refractivity contribution in [3.63, 3.8) is 0 Å². The maximum absolute atomic E-state index is 6.15. The number of benzene rings is 1. The molecule has 0 aromatic heterocycles. The van der Waals surface area contributed by atoms with Crippen molar-refractivity contribution < 1.29 is 9.47 Å². The molecule has 0 unspecified atom stereocenters. The fourth-order valence-corrected chi connectivity index (χ4v) is 1.66. The van der Waals surface area contributed by atoms with Gasteiger partial charge in [-0.25, -0.2) is 0 Å². The third-order valence-corrected chi connectivity index (χ3v) is 2.88. The van der Waals surface area contributed by atoms with Gasteiger partial charge in [-0.05, 0) is 19.2 Å². The van der Waals surface area contributed by atoms with Gasteiger partial charge in [0, 0.05) is 18.3 Å². The summed E-state index contributed by atoms with van der Waals surface area (Å²) < 4.78 is 10.4. The summed E-state index contributed by atoms with van der Waals surface area (Å²) in [5, 5.41) is 5.95. The van der Waals surface area contributed by atoms with E-state index in [-0.39, 0.29) is 5.38 Å². The minimum Gasteiger partial charge on any atom is -0.497 e. The number of methoxy groups -OCH3 is 2. The largest absolute Gasteiger partial charge is 0.497 e. The van der Waals surface area contributed by atoms with Gasteiger partial charge < -0.3 is 20.1 Å². The molecule has 4 nitrogen and oxygen atoms in total. The first-order chi connectivity index (χ1) is 8.62. The van der Waals surface area contributed by atoms with E-state index in [0.717, 1.165) is 17.1 Å². The van der Waals surface area contributed by atoms with E-state index < -0.39 is 0 Å². The van der Waals surface area contributed by atoms with Gasteiger partial charge in [0.15, 0.2) is 0 Å². The third kappa shape index (κ3) is 3.82. The zero-order chi connectivity index (χ0) is 13.5. The number of ether oxygens (including phenoxy) is 2. The van der Waals surface area contributed by atoms with Crippen LogP contribution in [0.1, 0.15) is 0 Å². The van der Waals surface area contributed by atoms with Crippen molar-refractivity contribution in [3.8, 4) is 11.5 Å². The molecule has 1 rings (SSSR count). The summed E-state index contributed by atoms with van der Waals surface area (Å²) in [6.45, 7) is 4.56. The highest BCUT2D eigenvalue weighted by Crippen LogP contribution is 2.30. The maximum atomic E-state index is 6.15. The van der Waals surface area contributed by atoms with Gasteiger partial charge in [0.2, 0.25) is 0 Å². The number of anilines is 1. The number of halogens is 1. The minimum absolute atomic E-state index is 0.193. The standard InChI is InChI=1S/C13H19ClN2O2/c1-9(11(14)8-15-2)16-12-6-5-10(17-3)7-13(12)18-4/h5-7,11,15-16H,1,8H2,2-4H3/t11-/m0/s1. The minimum atomic E-state index is -0.193. The molecule has 0 aliphatic heterocycles. The molecular formula is C13H19ClN2O2. The molecule has 100 valence electrons. The first-order valence-electron chi connectivity index (χ1n) is 5.59. The summed E-state index contributed by atoms with van der Waals surface area (Å²) in [7, 11) is 5.06. The van der Waals surface area contributed by atoms with Crippen LogP contribution in [0.15, 0.2) is 30.5 Å². The zero-order valence-electron chi connectivity index (χ0n) is 10.9. The Labute approximate surface area is 113 Å². The van der Waals surface area contributed by atoms with Gasteiger partial charge in [-0.15, -0.1) is 11.6 Å². The second-order valence-corrected chi connectivity index (χ2v) is 4.27. The second-order valence-electron chi connectivity index (χ2n) is 3.74. The van der Waals surface area contributed by atoms with Crippen LogP contribution in [0, 0.1) is 0 Å². The number of hydrogen-bond acceptors (Lipinski definition) is 4. The van der Waals surface area contributed by atoms with Gasteiger partial charge in [-0.3, -0.25) is 0 Å². The van der Waals surface area contributed by atoms with Gasteiger partial charge in [0.05, 0.1) is 25.3 Å². The Kier molecular flexibility index (Phi) is 5.82. The molecule has 18 heavy (non-hydrogen) atoms. The smallest absolute Gasteiger partial charge is 0.145 e. The van der Waals surface area contributed by atoms with Crippen LogP contribution in [0.4, 0.5) is 5.69 Å². The van der Waals surface area contributed by atoms with Crippen molar-refractivity contribution in [1.29, 1.82) is 0 Å². The molecule has 0 aliphatic carbocycles. The summed E-state index contributed by atoms with van der Waals surface area (Å²) in [6, 6.07) is 5.52. The van der Waals surface area contributed by atoms with E-state index in [2.05, 4.69) is 17.2 Å². The maximum Gasteiger partial charge on any atom is 0.145 e. The summed E-state index contributed by atoms with van der Waals surface area (Å²) in [4.78, 5) is 0. The summed E-state index contributed by atoms with van der Waals surface area (Å²) in [5.41, 5.74) is 1.53. The van der Waals surface area contributed by atoms with Crippen LogP contribution in [-0.4, -0.2) is 33.2 Å². The lowest BCUT2D eigenvalue weighted by Gasteiger charge is -2.17. The number of alkyl halides is 1. The molecule has 0 aliphatic rings. The molecular weight excluding hydrogens is 252 g/mol. The van der Waals surface area contributed by atoms with Crippen LogP contribution in [0.3, 0.4) is 0 Å². The van der Waals surface area contributed by atoms with Crippen molar-refractivity contribution in [1.82, 2.24) is 5.32 Å². The van der Waals surface area contributed by atoms with E-state index in [1.165, 1.54) is 0 Å². The first kappa shape index (κ1) is 14.7. The molecule has 0 saturated carbocycles. The van der Waals surface area contributed by atoms with Crippen LogP contribution in [0.2, 0.25) is 0 Å². The molecule has 0 radical (unpaired) electrons. The lowest BCUT2D eigenvalue weighted by molar-refractivity contribution is 0.395. The summed E-state index contributed by atoms with van der Waals surface area (Å²) in [6.07, 6.45) is 0. The molecule has 0 saturated heterocycles. The number of hydrogen-bond donors (Lipinski definition) is 2. The predicted molar refractivity (Wildman–Crippen MR) is 75.9 cm³/mol. The monoisotopic (exact) mass is 270 g/mol. The van der Waals surface area contributed by atoms with Crippen LogP contribution < -0.4 is 20.1 Å². The van der Waals surface area contributed by atoms with Crippen LogP contribution in [0.25, 0.3) is 0 Å². The summed E-state index contributed by atoms with van der Waals surface area (Å²) in [5.74, 6) is 1.42. The van der Waals surface area contributed by atoms with E-state index >= 15 is 0 Å². The molecule has 1 aromatic carbocycles. The molecule has 0 fully saturated rings. The summed E-state index contributed by atoms with van der Waals surface area (Å²) >= 11 is 6.15. The van der Waals surface area contributed by atoms with Crippen LogP contribution in [-0.2, 0) is 0 Å². The molecule has 0 bridgehead atoms. The SMILES string of the molecule is C=C(Nc1ccc(OC)cc1OC)[C@@H](Cl)CNC. The van der Waals surface area contributed by atoms with Crippen molar-refractivity contribution in [2.75, 3.05) is 33.1 Å². The average molecular weight is 271 g/mol. The van der Waals surface area contributed by atoms with Crippen molar-refractivity contribution in [2.45, 2.75) is 5.38 Å². The second kappa shape index (κ2) is 7.13. The molecule has 0 heterocycles. The topological polar surface area (TPSA) is 42.5 Å². The Hall–Kier alpha value is -1.39. The first-order valence-corrected chi connectivity index (χ1v) is 6.02. The fraction of sp³-hybridized carbons (Fsp3) is 0.385. The number of rotatable bonds is 7. The molecule has 1 aromatic rings. The zero-order valence-corrected chi connectivity index (χ0v) is 11.7.